The maximum atomic E-state index is 12.8. The van der Waals surface area contributed by atoms with Crippen molar-refractivity contribution in [3.8, 4) is 17.2 Å². The fourth-order valence-electron chi connectivity index (χ4n) is 2.60. The molecule has 0 atom stereocenters. The summed E-state index contributed by atoms with van der Waals surface area (Å²) in [5.41, 5.74) is 3.02. The lowest BCUT2D eigenvalue weighted by Crippen LogP contribution is -2.17. The van der Waals surface area contributed by atoms with Crippen LogP contribution >= 0.6 is 11.6 Å². The molecule has 0 spiro atoms. The molecule has 2 N–H and O–H groups in total. The fourth-order valence-corrected chi connectivity index (χ4v) is 2.79. The molecular weight excluding hydrogens is 354 g/mol. The Morgan fingerprint density at radius 1 is 1.23 bits per heavy atom. The monoisotopic (exact) mass is 371 g/mol. The van der Waals surface area contributed by atoms with Crippen molar-refractivity contribution in [2.75, 3.05) is 7.11 Å². The summed E-state index contributed by atoms with van der Waals surface area (Å²) in [5.74, 6) is 0.663. The summed E-state index contributed by atoms with van der Waals surface area (Å²) in [6.07, 6.45) is 1.52. The second-order valence-electron chi connectivity index (χ2n) is 5.84. The smallest absolute Gasteiger partial charge is 0.280 e. The van der Waals surface area contributed by atoms with Crippen molar-refractivity contribution in [2.24, 2.45) is 4.99 Å². The Morgan fingerprint density at radius 3 is 2.69 bits per heavy atom. The van der Waals surface area contributed by atoms with E-state index >= 15 is 0 Å². The lowest BCUT2D eigenvalue weighted by Gasteiger charge is -2.06. The van der Waals surface area contributed by atoms with Gasteiger partial charge in [0.15, 0.2) is 0 Å². The highest BCUT2D eigenvalue weighted by atomic mass is 35.5. The first-order valence-electron chi connectivity index (χ1n) is 7.90. The van der Waals surface area contributed by atoms with E-state index in [-0.39, 0.29) is 11.3 Å². The van der Waals surface area contributed by atoms with Gasteiger partial charge in [-0.2, -0.15) is 0 Å². The number of nitrogens with one attached hydrogen (secondary N) is 1. The number of phenolic OH excluding ortho intramolecular Hbond substituents is 1. The number of benzene rings is 2. The van der Waals surface area contributed by atoms with Crippen molar-refractivity contribution < 1.29 is 9.84 Å². The Labute approximate surface area is 155 Å². The number of aromatic amines is 1. The highest BCUT2D eigenvalue weighted by Gasteiger charge is 2.12. The topological polar surface area (TPSA) is 79.6 Å². The number of phenols is 1. The molecule has 26 heavy (non-hydrogen) atoms. The van der Waals surface area contributed by atoms with Crippen molar-refractivity contribution in [3.63, 3.8) is 0 Å². The van der Waals surface area contributed by atoms with Crippen LogP contribution in [-0.4, -0.2) is 28.2 Å². The van der Waals surface area contributed by atoms with E-state index in [0.717, 1.165) is 5.56 Å². The van der Waals surface area contributed by atoms with Crippen LogP contribution in [0.15, 0.2) is 46.2 Å². The molecule has 2 aromatic carbocycles. The minimum atomic E-state index is -0.230. The second kappa shape index (κ2) is 7.09. The molecule has 0 saturated carbocycles. The van der Waals surface area contributed by atoms with Gasteiger partial charge in [0.2, 0.25) is 0 Å². The third kappa shape index (κ3) is 3.36. The number of aliphatic imine (C=N–C) groups is 1. The Hall–Kier alpha value is -2.99. The van der Waals surface area contributed by atoms with Gasteiger partial charge in [-0.15, -0.1) is 0 Å². The van der Waals surface area contributed by atoms with E-state index < -0.39 is 0 Å². The third-order valence-corrected chi connectivity index (χ3v) is 4.34. The van der Waals surface area contributed by atoms with Gasteiger partial charge >= 0.3 is 0 Å². The van der Waals surface area contributed by atoms with Crippen LogP contribution in [0.5, 0.6) is 11.5 Å². The molecule has 0 unspecified atom stereocenters. The lowest BCUT2D eigenvalue weighted by molar-refractivity contribution is 0.414. The van der Waals surface area contributed by atoms with Crippen molar-refractivity contribution in [3.05, 3.63) is 68.6 Å². The van der Waals surface area contributed by atoms with E-state index in [9.17, 15) is 9.90 Å². The summed E-state index contributed by atoms with van der Waals surface area (Å²) in [5, 5.41) is 13.0. The zero-order valence-corrected chi connectivity index (χ0v) is 15.3. The summed E-state index contributed by atoms with van der Waals surface area (Å²) >= 11 is 6.04. The molecule has 0 bridgehead atoms. The van der Waals surface area contributed by atoms with Crippen molar-refractivity contribution in [2.45, 2.75) is 13.8 Å². The molecule has 1 heterocycles. The molecule has 1 aromatic heterocycles. The van der Waals surface area contributed by atoms with Crippen LogP contribution in [0, 0.1) is 13.8 Å². The quantitative estimate of drug-likeness (QED) is 0.682. The van der Waals surface area contributed by atoms with Gasteiger partial charge in [0.05, 0.1) is 29.1 Å². The van der Waals surface area contributed by atoms with Gasteiger partial charge in [-0.05, 0) is 49.7 Å². The summed E-state index contributed by atoms with van der Waals surface area (Å²) in [6.45, 7) is 3.64. The molecule has 6 nitrogen and oxygen atoms in total. The molecule has 0 amide bonds. The minimum Gasteiger partial charge on any atom is -0.508 e. The number of hydrogen-bond donors (Lipinski definition) is 2. The molecule has 134 valence electrons. The molecule has 0 aliphatic carbocycles. The van der Waals surface area contributed by atoms with Crippen LogP contribution in [0.2, 0.25) is 5.02 Å². The highest BCUT2D eigenvalue weighted by Crippen LogP contribution is 2.26. The molecule has 0 aliphatic rings. The van der Waals surface area contributed by atoms with E-state index in [0.29, 0.717) is 33.4 Å². The maximum Gasteiger partial charge on any atom is 0.280 e. The van der Waals surface area contributed by atoms with Crippen molar-refractivity contribution in [1.29, 1.82) is 0 Å². The Bertz CT molecular complexity index is 1050. The van der Waals surface area contributed by atoms with Crippen LogP contribution in [0.1, 0.15) is 16.8 Å². The Balaban J connectivity index is 2.01. The van der Waals surface area contributed by atoms with Gasteiger partial charge in [-0.25, -0.2) is 4.68 Å². The number of H-pyrrole nitrogens is 1. The molecule has 0 aliphatic heterocycles. The van der Waals surface area contributed by atoms with Crippen LogP contribution in [0.3, 0.4) is 0 Å². The van der Waals surface area contributed by atoms with Crippen molar-refractivity contribution >= 4 is 23.5 Å². The standard InChI is InChI=1S/C19H18ClN3O3/c1-11-8-14(24)5-7-17(11)21-10-15-12(2)22-23(19(15)25)13-4-6-16(20)18(9-13)26-3/h4-10,22,24H,1-3H3. The summed E-state index contributed by atoms with van der Waals surface area (Å²) in [4.78, 5) is 17.1. The van der Waals surface area contributed by atoms with Crippen LogP contribution in [0.25, 0.3) is 5.69 Å². The summed E-state index contributed by atoms with van der Waals surface area (Å²) in [7, 11) is 1.52. The zero-order chi connectivity index (χ0) is 18.8. The fraction of sp³-hybridized carbons (Fsp3) is 0.158. The maximum absolute atomic E-state index is 12.8. The van der Waals surface area contributed by atoms with Gasteiger partial charge in [0.25, 0.3) is 5.56 Å². The van der Waals surface area contributed by atoms with E-state index in [1.54, 1.807) is 43.3 Å². The van der Waals surface area contributed by atoms with E-state index in [2.05, 4.69) is 10.1 Å². The molecule has 0 radical (unpaired) electrons. The predicted molar refractivity (Wildman–Crippen MR) is 103 cm³/mol. The average Bonchev–Trinajstić information content (AvgIpc) is 2.89. The molecule has 3 aromatic rings. The minimum absolute atomic E-state index is 0.179. The normalized spacial score (nSPS) is 11.2. The lowest BCUT2D eigenvalue weighted by atomic mass is 10.2. The first-order chi connectivity index (χ1) is 12.4. The van der Waals surface area contributed by atoms with Gasteiger partial charge in [-0.1, -0.05) is 11.6 Å². The number of halogens is 1. The van der Waals surface area contributed by atoms with E-state index in [4.69, 9.17) is 16.3 Å². The van der Waals surface area contributed by atoms with Gasteiger partial charge in [-0.3, -0.25) is 14.9 Å². The number of nitrogens with zero attached hydrogens (tertiary/aromatic N) is 2. The first-order valence-corrected chi connectivity index (χ1v) is 8.27. The number of aryl methyl sites for hydroxylation is 2. The van der Waals surface area contributed by atoms with Gasteiger partial charge < -0.3 is 9.84 Å². The molecule has 3 rings (SSSR count). The predicted octanol–water partition coefficient (Wildman–Crippen LogP) is 3.90. The zero-order valence-electron chi connectivity index (χ0n) is 14.6. The Morgan fingerprint density at radius 2 is 2.00 bits per heavy atom. The van der Waals surface area contributed by atoms with Crippen LogP contribution in [0.4, 0.5) is 5.69 Å². The average molecular weight is 372 g/mol. The largest absolute Gasteiger partial charge is 0.508 e. The number of rotatable bonds is 4. The van der Waals surface area contributed by atoms with Gasteiger partial charge in [0.1, 0.15) is 11.5 Å². The first kappa shape index (κ1) is 17.8. The summed E-state index contributed by atoms with van der Waals surface area (Å²) < 4.78 is 6.62. The third-order valence-electron chi connectivity index (χ3n) is 4.02. The number of ether oxygens (including phenoxy) is 1. The van der Waals surface area contributed by atoms with E-state index in [1.165, 1.54) is 18.0 Å². The molecule has 0 fully saturated rings. The van der Waals surface area contributed by atoms with E-state index in [1.807, 2.05) is 6.92 Å². The van der Waals surface area contributed by atoms with Gasteiger partial charge in [0, 0.05) is 18.0 Å². The molecular formula is C19H18ClN3O3. The number of aromatic nitrogens is 2. The molecule has 7 heteroatoms. The molecule has 0 saturated heterocycles. The van der Waals surface area contributed by atoms with Crippen molar-refractivity contribution in [1.82, 2.24) is 9.78 Å². The number of methoxy groups -OCH3 is 1. The Kier molecular flexibility index (Phi) is 4.86. The second-order valence-corrected chi connectivity index (χ2v) is 6.25. The SMILES string of the molecule is COc1cc(-n2[nH]c(C)c(C=Nc3ccc(O)cc3C)c2=O)ccc1Cl. The highest BCUT2D eigenvalue weighted by molar-refractivity contribution is 6.32. The van der Waals surface area contributed by atoms with Crippen LogP contribution in [-0.2, 0) is 0 Å². The number of hydrogen-bond acceptors (Lipinski definition) is 4. The summed E-state index contributed by atoms with van der Waals surface area (Å²) in [6, 6.07) is 9.96. The number of aromatic hydroxyl groups is 1. The van der Waals surface area contributed by atoms with Crippen LogP contribution < -0.4 is 10.3 Å².